The molecule has 2 heterocycles. The highest BCUT2D eigenvalue weighted by Crippen LogP contribution is 2.30. The van der Waals surface area contributed by atoms with Crippen molar-refractivity contribution < 1.29 is 35.5 Å². The molecule has 0 aliphatic carbocycles. The number of likely N-dealkylation sites (tertiary alicyclic amines) is 1. The van der Waals surface area contributed by atoms with Crippen molar-refractivity contribution >= 4 is 16.0 Å². The summed E-state index contributed by atoms with van der Waals surface area (Å²) in [4.78, 5) is 13.2. The Labute approximate surface area is 125 Å². The van der Waals surface area contributed by atoms with Crippen LogP contribution in [0.4, 0.5) is 13.2 Å². The molecule has 10 heteroatoms. The molecule has 1 aromatic heterocycles. The van der Waals surface area contributed by atoms with E-state index in [0.29, 0.717) is 6.42 Å². The van der Waals surface area contributed by atoms with Crippen LogP contribution in [0.3, 0.4) is 0 Å². The predicted molar refractivity (Wildman–Crippen MR) is 68.1 cm³/mol. The van der Waals surface area contributed by atoms with Crippen molar-refractivity contribution in [3.63, 3.8) is 0 Å². The summed E-state index contributed by atoms with van der Waals surface area (Å²) >= 11 is 0. The summed E-state index contributed by atoms with van der Waals surface area (Å²) in [5.41, 5.74) is -4.42. The van der Waals surface area contributed by atoms with Gasteiger partial charge < -0.3 is 9.45 Å². The third kappa shape index (κ3) is 4.67. The molecule has 22 heavy (non-hydrogen) atoms. The van der Waals surface area contributed by atoms with Crippen LogP contribution in [-0.2, 0) is 22.0 Å². The SMILES string of the molecule is CN1C(=O)CC[C@H]1c1ccc[n+](C)c1.O=S(=O)([O-])C(F)(F)F. The smallest absolute Gasteiger partial charge is 0.485 e. The Morgan fingerprint density at radius 3 is 2.32 bits per heavy atom. The van der Waals surface area contributed by atoms with Gasteiger partial charge in [-0.25, -0.2) is 13.0 Å². The van der Waals surface area contributed by atoms with Gasteiger partial charge in [0.2, 0.25) is 5.91 Å². The van der Waals surface area contributed by atoms with Gasteiger partial charge in [-0.05, 0) is 12.5 Å². The first-order chi connectivity index (χ1) is 9.93. The fraction of sp³-hybridized carbons (Fsp3) is 0.500. The monoisotopic (exact) mass is 340 g/mol. The lowest BCUT2D eigenvalue weighted by Crippen LogP contribution is -2.29. The van der Waals surface area contributed by atoms with E-state index in [1.807, 2.05) is 35.8 Å². The average Bonchev–Trinajstić information content (AvgIpc) is 2.68. The number of nitrogens with zero attached hydrogens (tertiary/aromatic N) is 2. The van der Waals surface area contributed by atoms with Crippen molar-refractivity contribution in [1.29, 1.82) is 0 Å². The maximum absolute atomic E-state index is 11.4. The van der Waals surface area contributed by atoms with Gasteiger partial charge >= 0.3 is 5.51 Å². The molecule has 1 fully saturated rings. The summed E-state index contributed by atoms with van der Waals surface area (Å²) in [5.74, 6) is 0.251. The standard InChI is InChI=1S/C11H15N2O.CHF3O3S/c1-12-7-3-4-9(8-12)10-5-6-11(14)13(10)2;2-1(3,4)8(5,6)7/h3-4,7-8,10H,5-6H2,1-2H3;(H,5,6,7)/q+1;/p-1/t10-;/m0./s1. The molecule has 2 rings (SSSR count). The molecule has 0 saturated carbocycles. The van der Waals surface area contributed by atoms with Crippen molar-refractivity contribution in [2.45, 2.75) is 24.4 Å². The van der Waals surface area contributed by atoms with Crippen LogP contribution in [0, 0.1) is 0 Å². The largest absolute Gasteiger partial charge is 0.741 e. The zero-order valence-electron chi connectivity index (χ0n) is 11.9. The molecule has 1 atom stereocenters. The minimum absolute atomic E-state index is 0.251. The highest BCUT2D eigenvalue weighted by Gasteiger charge is 2.36. The van der Waals surface area contributed by atoms with Crippen LogP contribution >= 0.6 is 0 Å². The highest BCUT2D eigenvalue weighted by molar-refractivity contribution is 7.86. The van der Waals surface area contributed by atoms with E-state index < -0.39 is 15.6 Å². The Balaban J connectivity index is 0.000000261. The zero-order chi connectivity index (χ0) is 17.1. The maximum Gasteiger partial charge on any atom is 0.485 e. The van der Waals surface area contributed by atoms with Crippen molar-refractivity contribution in [3.8, 4) is 0 Å². The van der Waals surface area contributed by atoms with Crippen LogP contribution in [-0.4, -0.2) is 36.3 Å². The van der Waals surface area contributed by atoms with Gasteiger partial charge in [0.15, 0.2) is 22.5 Å². The summed E-state index contributed by atoms with van der Waals surface area (Å²) in [6.07, 6.45) is 5.71. The van der Waals surface area contributed by atoms with Crippen LogP contribution in [0.25, 0.3) is 0 Å². The molecule has 1 amide bonds. The lowest BCUT2D eigenvalue weighted by Gasteiger charge is -2.18. The van der Waals surface area contributed by atoms with Crippen molar-refractivity contribution in [2.75, 3.05) is 7.05 Å². The lowest BCUT2D eigenvalue weighted by molar-refractivity contribution is -0.672. The van der Waals surface area contributed by atoms with E-state index in [-0.39, 0.29) is 11.9 Å². The first kappa shape index (κ1) is 18.4. The van der Waals surface area contributed by atoms with Gasteiger partial charge in [0.1, 0.15) is 7.05 Å². The molecule has 1 aliphatic rings. The molecule has 0 unspecified atom stereocenters. The molecule has 124 valence electrons. The molecule has 1 aliphatic heterocycles. The van der Waals surface area contributed by atoms with Gasteiger partial charge in [0, 0.05) is 25.1 Å². The van der Waals surface area contributed by atoms with Gasteiger partial charge in [-0.2, -0.15) is 13.2 Å². The second kappa shape index (κ2) is 6.61. The number of aromatic nitrogens is 1. The molecule has 0 aromatic carbocycles. The molecule has 1 aromatic rings. The van der Waals surface area contributed by atoms with E-state index in [2.05, 4.69) is 12.3 Å². The molecule has 0 spiro atoms. The van der Waals surface area contributed by atoms with Crippen LogP contribution in [0.1, 0.15) is 24.4 Å². The first-order valence-electron chi connectivity index (χ1n) is 6.16. The topological polar surface area (TPSA) is 81.4 Å². The average molecular weight is 340 g/mol. The van der Waals surface area contributed by atoms with E-state index in [1.165, 1.54) is 5.56 Å². The van der Waals surface area contributed by atoms with Gasteiger partial charge in [0.05, 0.1) is 6.04 Å². The lowest BCUT2D eigenvalue weighted by atomic mass is 10.1. The van der Waals surface area contributed by atoms with Crippen LogP contribution in [0.15, 0.2) is 24.5 Å². The Hall–Kier alpha value is -1.68. The first-order valence-corrected chi connectivity index (χ1v) is 7.57. The van der Waals surface area contributed by atoms with E-state index in [0.717, 1.165) is 6.42 Å². The predicted octanol–water partition coefficient (Wildman–Crippen LogP) is 0.856. The number of aryl methyl sites for hydroxylation is 1. The van der Waals surface area contributed by atoms with Crippen molar-refractivity contribution in [3.05, 3.63) is 30.1 Å². The molecular weight excluding hydrogens is 325 g/mol. The van der Waals surface area contributed by atoms with Gasteiger partial charge in [-0.3, -0.25) is 4.79 Å². The second-order valence-corrected chi connectivity index (χ2v) is 6.13. The summed E-state index contributed by atoms with van der Waals surface area (Å²) in [5, 5.41) is 0. The number of amides is 1. The fourth-order valence-electron chi connectivity index (χ4n) is 2.00. The molecular formula is C12H15F3N2O4S. The number of halogens is 3. The van der Waals surface area contributed by atoms with Crippen LogP contribution in [0.2, 0.25) is 0 Å². The fourth-order valence-corrected chi connectivity index (χ4v) is 2.00. The minimum atomic E-state index is -6.09. The number of rotatable bonds is 1. The Kier molecular flexibility index (Phi) is 5.52. The molecule has 0 N–H and O–H groups in total. The van der Waals surface area contributed by atoms with E-state index >= 15 is 0 Å². The van der Waals surface area contributed by atoms with Crippen LogP contribution in [0.5, 0.6) is 0 Å². The van der Waals surface area contributed by atoms with Crippen LogP contribution < -0.4 is 4.57 Å². The Bertz CT molecular complexity index is 646. The number of pyridine rings is 1. The number of carbonyl (C=O) groups excluding carboxylic acids is 1. The van der Waals surface area contributed by atoms with Crippen molar-refractivity contribution in [1.82, 2.24) is 4.90 Å². The van der Waals surface area contributed by atoms with Gasteiger partial charge in [-0.15, -0.1) is 0 Å². The molecule has 0 radical (unpaired) electrons. The number of alkyl halides is 3. The zero-order valence-corrected chi connectivity index (χ0v) is 12.7. The van der Waals surface area contributed by atoms with E-state index in [1.54, 1.807) is 0 Å². The maximum atomic E-state index is 11.4. The third-order valence-electron chi connectivity index (χ3n) is 3.12. The normalized spacial score (nSPS) is 18.9. The summed E-state index contributed by atoms with van der Waals surface area (Å²) in [6, 6.07) is 4.38. The second-order valence-electron chi connectivity index (χ2n) is 4.76. The van der Waals surface area contributed by atoms with Crippen molar-refractivity contribution in [2.24, 2.45) is 7.05 Å². The molecule has 6 nitrogen and oxygen atoms in total. The summed E-state index contributed by atoms with van der Waals surface area (Å²) in [6.45, 7) is 0. The highest BCUT2D eigenvalue weighted by atomic mass is 32.2. The minimum Gasteiger partial charge on any atom is -0.741 e. The number of hydrogen-bond donors (Lipinski definition) is 0. The van der Waals surface area contributed by atoms with E-state index in [9.17, 15) is 18.0 Å². The van der Waals surface area contributed by atoms with Gasteiger partial charge in [0.25, 0.3) is 0 Å². The summed E-state index contributed by atoms with van der Waals surface area (Å²) < 4.78 is 60.9. The number of hydrogen-bond acceptors (Lipinski definition) is 4. The number of carbonyl (C=O) groups is 1. The van der Waals surface area contributed by atoms with Gasteiger partial charge in [-0.1, -0.05) is 0 Å². The molecule has 1 saturated heterocycles. The van der Waals surface area contributed by atoms with E-state index in [4.69, 9.17) is 13.0 Å². The summed E-state index contributed by atoms with van der Waals surface area (Å²) in [7, 11) is -2.21. The Morgan fingerprint density at radius 2 is 1.95 bits per heavy atom. The Morgan fingerprint density at radius 1 is 1.41 bits per heavy atom. The molecule has 0 bridgehead atoms. The quantitative estimate of drug-likeness (QED) is 0.431. The third-order valence-corrected chi connectivity index (χ3v) is 3.69.